The first-order chi connectivity index (χ1) is 15.4. The number of methoxy groups -OCH3 is 1. The smallest absolute Gasteiger partial charge is 0.343 e. The monoisotopic (exact) mass is 607 g/mol. The summed E-state index contributed by atoms with van der Waals surface area (Å²) >= 11 is 5.46. The Labute approximate surface area is 207 Å². The third-order valence-electron chi connectivity index (χ3n) is 4.61. The number of nitrogens with one attached hydrogen (secondary N) is 2. The van der Waals surface area contributed by atoms with E-state index in [1.807, 2.05) is 36.5 Å². The van der Waals surface area contributed by atoms with Gasteiger partial charge < -0.3 is 19.8 Å². The minimum Gasteiger partial charge on any atom is -0.480 e. The van der Waals surface area contributed by atoms with Crippen molar-refractivity contribution in [1.82, 2.24) is 10.3 Å². The number of benzene rings is 2. The van der Waals surface area contributed by atoms with Gasteiger partial charge in [-0.1, -0.05) is 18.2 Å². The van der Waals surface area contributed by atoms with Crippen LogP contribution in [0.1, 0.15) is 11.1 Å². The maximum Gasteiger partial charge on any atom is 0.343 e. The number of carbonyl (C=O) groups excluding carboxylic acids is 2. The highest BCUT2D eigenvalue weighted by Crippen LogP contribution is 2.32. The second-order valence-corrected chi connectivity index (χ2v) is 8.73. The Balaban J connectivity index is 1.66. The average Bonchev–Trinajstić information content (AvgIpc) is 3.19. The molecule has 0 unspecified atom stereocenters. The Kier molecular flexibility index (Phi) is 8.30. The van der Waals surface area contributed by atoms with Crippen LogP contribution in [0.5, 0.6) is 5.75 Å². The molecule has 1 amide bonds. The molecule has 3 rings (SSSR count). The summed E-state index contributed by atoms with van der Waals surface area (Å²) in [6.45, 7) is 0.184. The lowest BCUT2D eigenvalue weighted by molar-refractivity contribution is -0.142. The number of nitriles is 1. The molecule has 1 aromatic heterocycles. The lowest BCUT2D eigenvalue weighted by Gasteiger charge is -2.10. The zero-order valence-electron chi connectivity index (χ0n) is 17.1. The van der Waals surface area contributed by atoms with E-state index in [0.717, 1.165) is 16.5 Å². The minimum atomic E-state index is -0.493. The number of amides is 1. The molecule has 0 saturated heterocycles. The number of fused-ring (bicyclic) bond motifs is 1. The molecule has 164 valence electrons. The quantitative estimate of drug-likeness (QED) is 0.171. The highest BCUT2D eigenvalue weighted by atomic mass is 127. The molecule has 1 heterocycles. The van der Waals surface area contributed by atoms with Crippen molar-refractivity contribution in [2.75, 3.05) is 20.3 Å². The van der Waals surface area contributed by atoms with Crippen molar-refractivity contribution in [3.63, 3.8) is 0 Å². The number of rotatable bonds is 8. The fraction of sp³-hybridized carbons (Fsp3) is 0.174. The second kappa shape index (κ2) is 11.2. The van der Waals surface area contributed by atoms with E-state index in [0.29, 0.717) is 32.3 Å². The van der Waals surface area contributed by atoms with Crippen LogP contribution in [0.25, 0.3) is 17.0 Å². The number of para-hydroxylation sites is 1. The normalized spacial score (nSPS) is 11.1. The summed E-state index contributed by atoms with van der Waals surface area (Å²) in [5.41, 5.74) is 2.79. The van der Waals surface area contributed by atoms with E-state index in [4.69, 9.17) is 4.74 Å². The van der Waals surface area contributed by atoms with Gasteiger partial charge in [-0.2, -0.15) is 5.26 Å². The molecule has 2 aromatic carbocycles. The molecule has 0 spiro atoms. The summed E-state index contributed by atoms with van der Waals surface area (Å²) in [5, 5.41) is 13.4. The Morgan fingerprint density at radius 3 is 2.81 bits per heavy atom. The molecule has 0 bridgehead atoms. The summed E-state index contributed by atoms with van der Waals surface area (Å²) in [6.07, 6.45) is 4.09. The summed E-state index contributed by atoms with van der Waals surface area (Å²) in [4.78, 5) is 27.0. The van der Waals surface area contributed by atoms with Gasteiger partial charge in [-0.05, 0) is 80.3 Å². The topological polar surface area (TPSA) is 104 Å². The van der Waals surface area contributed by atoms with Crippen LogP contribution >= 0.6 is 38.5 Å². The van der Waals surface area contributed by atoms with Gasteiger partial charge in [0.2, 0.25) is 0 Å². The van der Waals surface area contributed by atoms with Crippen LogP contribution in [0, 0.1) is 14.9 Å². The van der Waals surface area contributed by atoms with Crippen molar-refractivity contribution in [2.45, 2.75) is 6.42 Å². The third-order valence-corrected chi connectivity index (χ3v) is 6.00. The summed E-state index contributed by atoms with van der Waals surface area (Å²) in [7, 11) is 1.29. The van der Waals surface area contributed by atoms with Crippen molar-refractivity contribution in [3.8, 4) is 11.8 Å². The first kappa shape index (κ1) is 23.8. The van der Waals surface area contributed by atoms with E-state index in [1.54, 1.807) is 12.1 Å². The predicted octanol–water partition coefficient (Wildman–Crippen LogP) is 4.35. The molecule has 0 saturated carbocycles. The lowest BCUT2D eigenvalue weighted by Crippen LogP contribution is -2.26. The summed E-state index contributed by atoms with van der Waals surface area (Å²) in [5.74, 6) is -0.452. The van der Waals surface area contributed by atoms with Gasteiger partial charge in [0.25, 0.3) is 5.91 Å². The van der Waals surface area contributed by atoms with Gasteiger partial charge in [-0.3, -0.25) is 4.79 Å². The Morgan fingerprint density at radius 1 is 1.31 bits per heavy atom. The van der Waals surface area contributed by atoms with E-state index >= 15 is 0 Å². The van der Waals surface area contributed by atoms with Crippen molar-refractivity contribution in [3.05, 3.63) is 67.3 Å². The minimum absolute atomic E-state index is 0.00476. The van der Waals surface area contributed by atoms with Crippen molar-refractivity contribution in [2.24, 2.45) is 0 Å². The van der Waals surface area contributed by atoms with Crippen LogP contribution in [-0.2, 0) is 20.7 Å². The molecule has 9 heteroatoms. The number of aromatic amines is 1. The Bertz CT molecular complexity index is 1210. The van der Waals surface area contributed by atoms with Crippen LogP contribution in [0.2, 0.25) is 0 Å². The second-order valence-electron chi connectivity index (χ2n) is 6.71. The average molecular weight is 608 g/mol. The molecule has 7 nitrogen and oxygen atoms in total. The van der Waals surface area contributed by atoms with Crippen molar-refractivity contribution < 1.29 is 19.1 Å². The highest BCUT2D eigenvalue weighted by molar-refractivity contribution is 14.1. The molecule has 0 fully saturated rings. The number of nitrogens with zero attached hydrogens (tertiary/aromatic N) is 1. The van der Waals surface area contributed by atoms with E-state index in [-0.39, 0.29) is 12.2 Å². The van der Waals surface area contributed by atoms with Crippen LogP contribution in [0.3, 0.4) is 0 Å². The molecule has 0 radical (unpaired) electrons. The number of hydrogen-bond acceptors (Lipinski definition) is 5. The Hall–Kier alpha value is -2.84. The van der Waals surface area contributed by atoms with Crippen molar-refractivity contribution in [1.29, 1.82) is 5.26 Å². The highest BCUT2D eigenvalue weighted by Gasteiger charge is 2.13. The SMILES string of the molecule is COC(=O)COc1c(Br)cc(/C=C(/C#N)C(=O)NCCc2c[nH]c3ccccc23)cc1I. The van der Waals surface area contributed by atoms with Gasteiger partial charge in [0.05, 0.1) is 15.2 Å². The van der Waals surface area contributed by atoms with Crippen LogP contribution in [-0.4, -0.2) is 37.1 Å². The first-order valence-electron chi connectivity index (χ1n) is 9.56. The molecule has 0 aliphatic heterocycles. The van der Waals surface area contributed by atoms with Gasteiger partial charge in [-0.25, -0.2) is 4.79 Å². The fourth-order valence-electron chi connectivity index (χ4n) is 3.05. The third kappa shape index (κ3) is 5.89. The molecule has 3 aromatic rings. The molecule has 0 aliphatic carbocycles. The van der Waals surface area contributed by atoms with Crippen LogP contribution in [0.4, 0.5) is 0 Å². The summed E-state index contributed by atoms with van der Waals surface area (Å²) in [6, 6.07) is 13.4. The number of H-pyrrole nitrogens is 1. The van der Waals surface area contributed by atoms with Gasteiger partial charge >= 0.3 is 5.97 Å². The maximum absolute atomic E-state index is 12.5. The van der Waals surface area contributed by atoms with Gasteiger partial charge in [0.15, 0.2) is 6.61 Å². The molecular formula is C23H19BrIN3O4. The molecule has 0 atom stereocenters. The number of esters is 1. The molecule has 32 heavy (non-hydrogen) atoms. The van der Waals surface area contributed by atoms with Crippen LogP contribution in [0.15, 0.2) is 52.6 Å². The van der Waals surface area contributed by atoms with E-state index in [9.17, 15) is 14.9 Å². The van der Waals surface area contributed by atoms with Crippen LogP contribution < -0.4 is 10.1 Å². The largest absolute Gasteiger partial charge is 0.480 e. The number of hydrogen-bond donors (Lipinski definition) is 2. The first-order valence-corrected chi connectivity index (χ1v) is 11.4. The number of aromatic nitrogens is 1. The van der Waals surface area contributed by atoms with Gasteiger partial charge in [0, 0.05) is 23.6 Å². The maximum atomic E-state index is 12.5. The van der Waals surface area contributed by atoms with E-state index in [2.05, 4.69) is 53.6 Å². The lowest BCUT2D eigenvalue weighted by atomic mass is 10.1. The number of ether oxygens (including phenoxy) is 2. The summed E-state index contributed by atoms with van der Waals surface area (Å²) < 4.78 is 11.4. The number of halogens is 2. The molecule has 2 N–H and O–H groups in total. The zero-order chi connectivity index (χ0) is 23.1. The number of carbonyl (C=O) groups is 2. The van der Waals surface area contributed by atoms with E-state index in [1.165, 1.54) is 13.2 Å². The van der Waals surface area contributed by atoms with E-state index < -0.39 is 11.9 Å². The zero-order valence-corrected chi connectivity index (χ0v) is 20.8. The molecular weight excluding hydrogens is 589 g/mol. The van der Waals surface area contributed by atoms with Crippen molar-refractivity contribution >= 4 is 67.4 Å². The predicted molar refractivity (Wildman–Crippen MR) is 133 cm³/mol. The fourth-order valence-corrected chi connectivity index (χ4v) is 4.82. The standard InChI is InChI=1S/C23H19BrIN3O4/c1-31-21(29)13-32-22-18(24)9-14(10-19(22)25)8-16(11-26)23(30)27-7-6-15-12-28-20-5-3-2-4-17(15)20/h2-5,8-10,12,28H,6-7,13H2,1H3,(H,27,30)/b16-8-. The molecule has 0 aliphatic rings. The van der Waals surface area contributed by atoms with Gasteiger partial charge in [-0.15, -0.1) is 0 Å². The Morgan fingerprint density at radius 2 is 2.09 bits per heavy atom. The van der Waals surface area contributed by atoms with Gasteiger partial charge in [0.1, 0.15) is 17.4 Å².